The van der Waals surface area contributed by atoms with Crippen molar-refractivity contribution in [3.63, 3.8) is 0 Å². The van der Waals surface area contributed by atoms with E-state index in [1.54, 1.807) is 6.07 Å². The Kier molecular flexibility index (Phi) is 4.26. The first-order valence-electron chi connectivity index (χ1n) is 6.17. The lowest BCUT2D eigenvalue weighted by Gasteiger charge is -2.07. The van der Waals surface area contributed by atoms with E-state index in [1.165, 1.54) is 12.1 Å². The maximum absolute atomic E-state index is 11.6. The minimum absolute atomic E-state index is 0.0628. The third kappa shape index (κ3) is 3.49. The summed E-state index contributed by atoms with van der Waals surface area (Å²) < 4.78 is 4.91. The van der Waals surface area contributed by atoms with Crippen LogP contribution in [0.1, 0.15) is 18.9 Å². The van der Waals surface area contributed by atoms with E-state index in [0.29, 0.717) is 17.2 Å². The largest absolute Gasteiger partial charge is 0.455 e. The van der Waals surface area contributed by atoms with Gasteiger partial charge in [-0.05, 0) is 30.5 Å². The zero-order valence-corrected chi connectivity index (χ0v) is 11.6. The zero-order chi connectivity index (χ0) is 14.7. The molecule has 1 fully saturated rings. The van der Waals surface area contributed by atoms with Gasteiger partial charge in [0, 0.05) is 5.69 Å². The fraction of sp³-hybridized carbons (Fsp3) is 0.357. The molecule has 0 saturated heterocycles. The Hall–Kier alpha value is -2.06. The van der Waals surface area contributed by atoms with E-state index in [0.717, 1.165) is 6.42 Å². The van der Waals surface area contributed by atoms with Gasteiger partial charge < -0.3 is 10.1 Å². The van der Waals surface area contributed by atoms with E-state index in [4.69, 9.17) is 21.6 Å². The molecule has 0 unspecified atom stereocenters. The quantitative estimate of drug-likeness (QED) is 0.864. The summed E-state index contributed by atoms with van der Waals surface area (Å²) in [5.41, 5.74) is 0.786. The average Bonchev–Trinajstić information content (AvgIpc) is 3.13. The van der Waals surface area contributed by atoms with Crippen molar-refractivity contribution in [3.8, 4) is 6.07 Å². The molecule has 1 saturated carbocycles. The number of nitrogens with one attached hydrogen (secondary N) is 1. The standard InChI is InChI=1S/C14H13ClN2O3/c1-8-4-11(8)14(19)20-7-13(18)17-10-3-2-9(6-16)12(15)5-10/h2-3,5,8,11H,4,7H2,1H3,(H,17,18)/t8-,11-/m0/s1. The lowest BCUT2D eigenvalue weighted by atomic mass is 10.2. The Bertz CT molecular complexity index is 595. The van der Waals surface area contributed by atoms with Crippen molar-refractivity contribution in [2.75, 3.05) is 11.9 Å². The van der Waals surface area contributed by atoms with Gasteiger partial charge in [0.05, 0.1) is 16.5 Å². The Labute approximate surface area is 121 Å². The van der Waals surface area contributed by atoms with Crippen molar-refractivity contribution in [1.29, 1.82) is 5.26 Å². The van der Waals surface area contributed by atoms with Crippen molar-refractivity contribution in [2.24, 2.45) is 11.8 Å². The predicted molar refractivity (Wildman–Crippen MR) is 73.0 cm³/mol. The van der Waals surface area contributed by atoms with Crippen LogP contribution in [0.15, 0.2) is 18.2 Å². The fourth-order valence-corrected chi connectivity index (χ4v) is 2.00. The molecule has 0 spiro atoms. The van der Waals surface area contributed by atoms with Crippen LogP contribution in [0, 0.1) is 23.2 Å². The minimum Gasteiger partial charge on any atom is -0.455 e. The number of rotatable bonds is 4. The highest BCUT2D eigenvalue weighted by molar-refractivity contribution is 6.32. The maximum atomic E-state index is 11.6. The number of carbonyl (C=O) groups excluding carboxylic acids is 2. The van der Waals surface area contributed by atoms with Crippen molar-refractivity contribution < 1.29 is 14.3 Å². The van der Waals surface area contributed by atoms with Crippen molar-refractivity contribution >= 4 is 29.2 Å². The number of halogens is 1. The number of nitriles is 1. The number of ether oxygens (including phenoxy) is 1. The van der Waals surface area contributed by atoms with Gasteiger partial charge in [0.25, 0.3) is 5.91 Å². The summed E-state index contributed by atoms with van der Waals surface area (Å²) in [5.74, 6) is -0.479. The molecule has 2 rings (SSSR count). The number of benzene rings is 1. The second-order valence-electron chi connectivity index (χ2n) is 4.78. The van der Waals surface area contributed by atoms with Crippen LogP contribution in [0.3, 0.4) is 0 Å². The van der Waals surface area contributed by atoms with Gasteiger partial charge in [0.2, 0.25) is 0 Å². The highest BCUT2D eigenvalue weighted by atomic mass is 35.5. The minimum atomic E-state index is -0.438. The van der Waals surface area contributed by atoms with Crippen molar-refractivity contribution in [1.82, 2.24) is 0 Å². The lowest BCUT2D eigenvalue weighted by Crippen LogP contribution is -2.21. The molecular weight excluding hydrogens is 280 g/mol. The maximum Gasteiger partial charge on any atom is 0.309 e. The summed E-state index contributed by atoms with van der Waals surface area (Å²) >= 11 is 5.85. The normalized spacial score (nSPS) is 19.9. The van der Waals surface area contributed by atoms with Crippen LogP contribution in [0.5, 0.6) is 0 Å². The SMILES string of the molecule is C[C@H]1C[C@@H]1C(=O)OCC(=O)Nc1ccc(C#N)c(Cl)c1. The highest BCUT2D eigenvalue weighted by Gasteiger charge is 2.40. The number of carbonyl (C=O) groups is 2. The van der Waals surface area contributed by atoms with Gasteiger partial charge in [-0.3, -0.25) is 9.59 Å². The van der Waals surface area contributed by atoms with Crippen LogP contribution in [-0.4, -0.2) is 18.5 Å². The van der Waals surface area contributed by atoms with E-state index in [-0.39, 0.29) is 23.5 Å². The van der Waals surface area contributed by atoms with Crippen LogP contribution in [0.2, 0.25) is 5.02 Å². The second-order valence-corrected chi connectivity index (χ2v) is 5.19. The van der Waals surface area contributed by atoms with Gasteiger partial charge in [-0.1, -0.05) is 18.5 Å². The van der Waals surface area contributed by atoms with Crippen LogP contribution in [0.25, 0.3) is 0 Å². The van der Waals surface area contributed by atoms with Gasteiger partial charge in [-0.15, -0.1) is 0 Å². The smallest absolute Gasteiger partial charge is 0.309 e. The summed E-state index contributed by atoms with van der Waals surface area (Å²) in [5, 5.41) is 11.5. The third-order valence-corrected chi connectivity index (χ3v) is 3.44. The molecule has 1 N–H and O–H groups in total. The summed E-state index contributed by atoms with van der Waals surface area (Å²) in [7, 11) is 0. The summed E-state index contributed by atoms with van der Waals surface area (Å²) in [4.78, 5) is 23.1. The van der Waals surface area contributed by atoms with Crippen LogP contribution < -0.4 is 5.32 Å². The number of esters is 1. The Morgan fingerprint density at radius 3 is 2.80 bits per heavy atom. The molecule has 1 amide bonds. The Morgan fingerprint density at radius 1 is 1.55 bits per heavy atom. The molecule has 5 nitrogen and oxygen atoms in total. The van der Waals surface area contributed by atoms with E-state index in [2.05, 4.69) is 5.32 Å². The summed E-state index contributed by atoms with van der Waals surface area (Å²) in [6.07, 6.45) is 0.825. The molecule has 0 bridgehead atoms. The Balaban J connectivity index is 1.84. The van der Waals surface area contributed by atoms with E-state index < -0.39 is 5.91 Å². The molecule has 20 heavy (non-hydrogen) atoms. The number of hydrogen-bond donors (Lipinski definition) is 1. The fourth-order valence-electron chi connectivity index (χ4n) is 1.77. The van der Waals surface area contributed by atoms with Crippen molar-refractivity contribution in [2.45, 2.75) is 13.3 Å². The zero-order valence-electron chi connectivity index (χ0n) is 10.9. The lowest BCUT2D eigenvalue weighted by molar-refractivity contribution is -0.148. The molecule has 1 aliphatic rings. The van der Waals surface area contributed by atoms with Gasteiger partial charge in [0.15, 0.2) is 6.61 Å². The first kappa shape index (κ1) is 14.4. The molecule has 0 heterocycles. The molecule has 6 heteroatoms. The van der Waals surface area contributed by atoms with E-state index in [1.807, 2.05) is 13.0 Å². The number of anilines is 1. The van der Waals surface area contributed by atoms with Crippen LogP contribution in [-0.2, 0) is 14.3 Å². The molecular formula is C14H13ClN2O3. The molecule has 1 aromatic carbocycles. The molecule has 0 aromatic heterocycles. The molecule has 104 valence electrons. The first-order valence-corrected chi connectivity index (χ1v) is 6.55. The Morgan fingerprint density at radius 2 is 2.25 bits per heavy atom. The highest BCUT2D eigenvalue weighted by Crippen LogP contribution is 2.38. The topological polar surface area (TPSA) is 79.2 Å². The van der Waals surface area contributed by atoms with Crippen LogP contribution in [0.4, 0.5) is 5.69 Å². The van der Waals surface area contributed by atoms with Crippen molar-refractivity contribution in [3.05, 3.63) is 28.8 Å². The van der Waals surface area contributed by atoms with Gasteiger partial charge >= 0.3 is 5.97 Å². The van der Waals surface area contributed by atoms with E-state index >= 15 is 0 Å². The predicted octanol–water partition coefficient (Wildman–Crippen LogP) is 2.35. The molecule has 1 aromatic rings. The average molecular weight is 293 g/mol. The molecule has 2 atom stereocenters. The molecule has 0 aliphatic heterocycles. The first-order chi connectivity index (χ1) is 9.51. The van der Waals surface area contributed by atoms with E-state index in [9.17, 15) is 9.59 Å². The summed E-state index contributed by atoms with van der Waals surface area (Å²) in [6.45, 7) is 1.64. The van der Waals surface area contributed by atoms with Gasteiger partial charge in [-0.25, -0.2) is 0 Å². The van der Waals surface area contributed by atoms with Crippen LogP contribution >= 0.6 is 11.6 Å². The third-order valence-electron chi connectivity index (χ3n) is 3.13. The van der Waals surface area contributed by atoms with Gasteiger partial charge in [0.1, 0.15) is 6.07 Å². The molecule has 0 radical (unpaired) electrons. The monoisotopic (exact) mass is 292 g/mol. The molecule has 1 aliphatic carbocycles. The number of nitrogens with zero attached hydrogens (tertiary/aromatic N) is 1. The van der Waals surface area contributed by atoms with Gasteiger partial charge in [-0.2, -0.15) is 5.26 Å². The summed E-state index contributed by atoms with van der Waals surface area (Å²) in [6, 6.07) is 6.47. The second kappa shape index (κ2) is 5.93. The number of amides is 1. The number of hydrogen-bond acceptors (Lipinski definition) is 4.